The van der Waals surface area contributed by atoms with Gasteiger partial charge in [-0.2, -0.15) is 5.10 Å². The summed E-state index contributed by atoms with van der Waals surface area (Å²) in [7, 11) is 0. The molecule has 0 saturated carbocycles. The van der Waals surface area contributed by atoms with Crippen molar-refractivity contribution in [3.05, 3.63) is 18.0 Å². The number of ketones is 1. The summed E-state index contributed by atoms with van der Waals surface area (Å²) in [5, 5.41) is 11.6. The molecule has 1 N–H and O–H groups in total. The number of alkyl halides is 1. The Hall–Kier alpha value is -1.72. The number of hydrogen-bond donors (Lipinski definition) is 1. The number of carboxylic acids is 1. The fourth-order valence-corrected chi connectivity index (χ4v) is 0.670. The first-order chi connectivity index (χ1) is 5.65. The fraction of sp³-hybridized carbons (Fsp3) is 0.167. The molecule has 0 spiro atoms. The highest BCUT2D eigenvalue weighted by Crippen LogP contribution is 1.99. The minimum absolute atomic E-state index is 0.125. The van der Waals surface area contributed by atoms with Gasteiger partial charge in [0.25, 0.3) is 5.78 Å². The van der Waals surface area contributed by atoms with Gasteiger partial charge in [-0.25, -0.2) is 13.9 Å². The van der Waals surface area contributed by atoms with E-state index < -0.39 is 18.6 Å². The number of carbonyl (C=O) groups excluding carboxylic acids is 1. The minimum Gasteiger partial charge on any atom is -0.475 e. The second-order valence-electron chi connectivity index (χ2n) is 2.02. The van der Waals surface area contributed by atoms with Crippen LogP contribution in [0, 0.1) is 0 Å². The maximum Gasteiger partial charge on any atom is 0.377 e. The molecule has 0 aliphatic carbocycles. The summed E-state index contributed by atoms with van der Waals surface area (Å²) < 4.78 is 12.7. The molecule has 12 heavy (non-hydrogen) atoms. The number of aromatic nitrogens is 2. The van der Waals surface area contributed by atoms with Crippen molar-refractivity contribution < 1.29 is 19.1 Å². The van der Waals surface area contributed by atoms with E-state index in [0.717, 1.165) is 17.1 Å². The Morgan fingerprint density at radius 1 is 1.67 bits per heavy atom. The topological polar surface area (TPSA) is 72.2 Å². The molecule has 1 aromatic rings. The highest BCUT2D eigenvalue weighted by Gasteiger charge is 2.15. The number of rotatable bonds is 3. The standard InChI is InChI=1S/C6H5FN2O3/c7-3-9-2-4(1-8-9)5(10)6(11)12/h1-2H,3H2,(H,11,12). The van der Waals surface area contributed by atoms with Crippen LogP contribution >= 0.6 is 0 Å². The summed E-state index contributed by atoms with van der Waals surface area (Å²) in [6, 6.07) is 0. The molecular formula is C6H5FN2O3. The van der Waals surface area contributed by atoms with E-state index >= 15 is 0 Å². The molecule has 0 aromatic carbocycles. The predicted molar refractivity (Wildman–Crippen MR) is 35.3 cm³/mol. The third kappa shape index (κ3) is 1.47. The predicted octanol–water partition coefficient (Wildman–Crippen LogP) is 0.0774. The molecule has 0 aliphatic heterocycles. The Morgan fingerprint density at radius 3 is 2.75 bits per heavy atom. The van der Waals surface area contributed by atoms with E-state index in [-0.39, 0.29) is 5.56 Å². The van der Waals surface area contributed by atoms with E-state index in [1.54, 1.807) is 0 Å². The Bertz CT molecular complexity index is 320. The Balaban J connectivity index is 2.89. The van der Waals surface area contributed by atoms with E-state index in [0.29, 0.717) is 0 Å². The molecule has 5 nitrogen and oxygen atoms in total. The molecule has 0 saturated heterocycles. The number of Topliss-reactive ketones (excluding diaryl/α,β-unsaturated/α-hetero) is 1. The van der Waals surface area contributed by atoms with Crippen LogP contribution < -0.4 is 0 Å². The maximum absolute atomic E-state index is 11.8. The molecule has 1 aromatic heterocycles. The molecule has 0 aliphatic rings. The average Bonchev–Trinajstić information content (AvgIpc) is 2.50. The molecule has 0 radical (unpaired) electrons. The lowest BCUT2D eigenvalue weighted by Crippen LogP contribution is -2.11. The van der Waals surface area contributed by atoms with Gasteiger partial charge in [0.1, 0.15) is 0 Å². The number of carboxylic acid groups (broad SMARTS) is 1. The molecule has 64 valence electrons. The molecule has 0 unspecified atom stereocenters. The van der Waals surface area contributed by atoms with Gasteiger partial charge in [0, 0.05) is 6.20 Å². The van der Waals surface area contributed by atoms with Crippen LogP contribution in [0.5, 0.6) is 0 Å². The summed E-state index contributed by atoms with van der Waals surface area (Å²) in [6.45, 7) is -0.882. The van der Waals surface area contributed by atoms with Crippen molar-refractivity contribution in [2.75, 3.05) is 0 Å². The van der Waals surface area contributed by atoms with Crippen LogP contribution in [0.25, 0.3) is 0 Å². The Labute approximate surface area is 66.4 Å². The van der Waals surface area contributed by atoms with Gasteiger partial charge in [-0.3, -0.25) is 4.79 Å². The molecular weight excluding hydrogens is 167 g/mol. The second kappa shape index (κ2) is 3.12. The van der Waals surface area contributed by atoms with Crippen LogP contribution in [0.1, 0.15) is 10.4 Å². The van der Waals surface area contributed by atoms with Crippen LogP contribution in [-0.4, -0.2) is 26.6 Å². The van der Waals surface area contributed by atoms with Crippen molar-refractivity contribution in [2.24, 2.45) is 0 Å². The van der Waals surface area contributed by atoms with E-state index in [4.69, 9.17) is 5.11 Å². The number of carbonyl (C=O) groups is 2. The van der Waals surface area contributed by atoms with Crippen molar-refractivity contribution in [2.45, 2.75) is 6.80 Å². The highest BCUT2D eigenvalue weighted by molar-refractivity contribution is 6.39. The third-order valence-corrected chi connectivity index (χ3v) is 1.21. The van der Waals surface area contributed by atoms with Crippen molar-refractivity contribution in [3.63, 3.8) is 0 Å². The molecule has 0 bridgehead atoms. The van der Waals surface area contributed by atoms with E-state index in [1.165, 1.54) is 0 Å². The quantitative estimate of drug-likeness (QED) is 0.517. The average molecular weight is 172 g/mol. The number of nitrogens with zero attached hydrogens (tertiary/aromatic N) is 2. The van der Waals surface area contributed by atoms with Crippen LogP contribution in [0.15, 0.2) is 12.4 Å². The van der Waals surface area contributed by atoms with Gasteiger partial charge < -0.3 is 5.11 Å². The van der Waals surface area contributed by atoms with Crippen LogP contribution in [0.4, 0.5) is 4.39 Å². The van der Waals surface area contributed by atoms with Gasteiger partial charge in [0.2, 0.25) is 0 Å². The Morgan fingerprint density at radius 2 is 2.33 bits per heavy atom. The van der Waals surface area contributed by atoms with Crippen molar-refractivity contribution in [1.82, 2.24) is 9.78 Å². The summed E-state index contributed by atoms with van der Waals surface area (Å²) >= 11 is 0. The molecule has 1 rings (SSSR count). The maximum atomic E-state index is 11.8. The van der Waals surface area contributed by atoms with Crippen LogP contribution in [0.3, 0.4) is 0 Å². The van der Waals surface area contributed by atoms with Crippen molar-refractivity contribution in [3.8, 4) is 0 Å². The summed E-state index contributed by atoms with van der Waals surface area (Å²) in [5.74, 6) is -2.66. The first-order valence-corrected chi connectivity index (χ1v) is 3.01. The molecule has 1 heterocycles. The number of halogens is 1. The molecule has 0 amide bonds. The SMILES string of the molecule is O=C(O)C(=O)c1cnn(CF)c1. The van der Waals surface area contributed by atoms with Crippen molar-refractivity contribution >= 4 is 11.8 Å². The van der Waals surface area contributed by atoms with E-state index in [2.05, 4.69) is 5.10 Å². The molecule has 0 atom stereocenters. The van der Waals surface area contributed by atoms with Gasteiger partial charge in [-0.15, -0.1) is 0 Å². The normalized spacial score (nSPS) is 9.75. The zero-order valence-corrected chi connectivity index (χ0v) is 5.90. The molecule has 6 heteroatoms. The van der Waals surface area contributed by atoms with Crippen molar-refractivity contribution in [1.29, 1.82) is 0 Å². The monoisotopic (exact) mass is 172 g/mol. The first-order valence-electron chi connectivity index (χ1n) is 3.01. The highest BCUT2D eigenvalue weighted by atomic mass is 19.1. The van der Waals surface area contributed by atoms with Gasteiger partial charge in [-0.05, 0) is 0 Å². The third-order valence-electron chi connectivity index (χ3n) is 1.21. The number of hydrogen-bond acceptors (Lipinski definition) is 3. The van der Waals surface area contributed by atoms with E-state index in [9.17, 15) is 14.0 Å². The lowest BCUT2D eigenvalue weighted by molar-refractivity contribution is -0.131. The smallest absolute Gasteiger partial charge is 0.377 e. The zero-order valence-electron chi connectivity index (χ0n) is 5.90. The largest absolute Gasteiger partial charge is 0.475 e. The minimum atomic E-state index is -1.58. The lowest BCUT2D eigenvalue weighted by atomic mass is 10.2. The number of aliphatic carboxylic acids is 1. The zero-order chi connectivity index (χ0) is 9.14. The van der Waals surface area contributed by atoms with Crippen LogP contribution in [0.2, 0.25) is 0 Å². The summed E-state index contributed by atoms with van der Waals surface area (Å²) in [5.41, 5.74) is -0.125. The summed E-state index contributed by atoms with van der Waals surface area (Å²) in [4.78, 5) is 20.8. The van der Waals surface area contributed by atoms with Gasteiger partial charge in [0.05, 0.1) is 11.8 Å². The van der Waals surface area contributed by atoms with E-state index in [1.807, 2.05) is 0 Å². The van der Waals surface area contributed by atoms with Gasteiger partial charge in [-0.1, -0.05) is 0 Å². The summed E-state index contributed by atoms with van der Waals surface area (Å²) in [6.07, 6.45) is 2.05. The van der Waals surface area contributed by atoms with Gasteiger partial charge >= 0.3 is 5.97 Å². The lowest BCUT2D eigenvalue weighted by Gasteiger charge is -1.87. The Kier molecular flexibility index (Phi) is 2.18. The first kappa shape index (κ1) is 8.38. The second-order valence-corrected chi connectivity index (χ2v) is 2.02. The molecule has 0 fully saturated rings. The van der Waals surface area contributed by atoms with Crippen LogP contribution in [-0.2, 0) is 11.6 Å². The van der Waals surface area contributed by atoms with Gasteiger partial charge in [0.15, 0.2) is 6.80 Å². The fourth-order valence-electron chi connectivity index (χ4n) is 0.670.